The fourth-order valence-electron chi connectivity index (χ4n) is 3.98. The molecular formula is C28H22BrN3O8. The second kappa shape index (κ2) is 11.1. The van der Waals surface area contributed by atoms with Gasteiger partial charge in [-0.25, -0.2) is 9.69 Å². The summed E-state index contributed by atoms with van der Waals surface area (Å²) in [6.45, 7) is 1.68. The summed E-state index contributed by atoms with van der Waals surface area (Å²) in [5, 5.41) is 4.93. The highest BCUT2D eigenvalue weighted by atomic mass is 79.9. The minimum absolute atomic E-state index is 0.0234. The highest BCUT2D eigenvalue weighted by Crippen LogP contribution is 2.38. The van der Waals surface area contributed by atoms with Gasteiger partial charge in [-0.2, -0.15) is 0 Å². The molecule has 2 heterocycles. The Morgan fingerprint density at radius 3 is 2.55 bits per heavy atom. The van der Waals surface area contributed by atoms with Gasteiger partial charge in [-0.05, 0) is 55.0 Å². The number of rotatable bonds is 7. The third kappa shape index (κ3) is 5.47. The molecule has 11 nitrogen and oxygen atoms in total. The second-order valence-corrected chi connectivity index (χ2v) is 9.58. The van der Waals surface area contributed by atoms with Crippen LogP contribution in [0.4, 0.5) is 16.2 Å². The Balaban J connectivity index is 1.36. The van der Waals surface area contributed by atoms with Gasteiger partial charge >= 0.3 is 6.03 Å². The normalized spacial score (nSPS) is 15.2. The van der Waals surface area contributed by atoms with Crippen molar-refractivity contribution in [1.82, 2.24) is 5.32 Å². The van der Waals surface area contributed by atoms with Crippen LogP contribution >= 0.6 is 15.9 Å². The van der Waals surface area contributed by atoms with Gasteiger partial charge in [0.2, 0.25) is 6.79 Å². The number of carbonyl (C=O) groups is 4. The van der Waals surface area contributed by atoms with E-state index in [9.17, 15) is 19.2 Å². The summed E-state index contributed by atoms with van der Waals surface area (Å²) in [5.41, 5.74) is 2.02. The first kappa shape index (κ1) is 26.8. The van der Waals surface area contributed by atoms with Crippen LogP contribution in [0.3, 0.4) is 0 Å². The molecule has 0 aliphatic carbocycles. The predicted molar refractivity (Wildman–Crippen MR) is 148 cm³/mol. The average molecular weight is 608 g/mol. The Hall–Kier alpha value is -4.84. The van der Waals surface area contributed by atoms with Crippen molar-refractivity contribution in [3.05, 3.63) is 75.8 Å². The number of nitrogens with one attached hydrogen (secondary N) is 2. The molecule has 0 saturated carbocycles. The summed E-state index contributed by atoms with van der Waals surface area (Å²) in [7, 11) is 1.41. The molecule has 2 aliphatic rings. The number of urea groups is 1. The number of methoxy groups -OCH3 is 1. The highest BCUT2D eigenvalue weighted by Gasteiger charge is 2.37. The van der Waals surface area contributed by atoms with E-state index in [1.165, 1.54) is 31.4 Å². The molecule has 204 valence electrons. The average Bonchev–Trinajstić information content (AvgIpc) is 3.40. The lowest BCUT2D eigenvalue weighted by atomic mass is 10.1. The minimum atomic E-state index is -0.893. The number of imide groups is 2. The Labute approximate surface area is 236 Å². The summed E-state index contributed by atoms with van der Waals surface area (Å²) in [5.74, 6) is -0.691. The number of hydrogen-bond donors (Lipinski definition) is 2. The summed E-state index contributed by atoms with van der Waals surface area (Å²) in [6.07, 6.45) is 1.32. The van der Waals surface area contributed by atoms with Crippen molar-refractivity contribution in [2.24, 2.45) is 0 Å². The fraction of sp³-hybridized carbons (Fsp3) is 0.143. The topological polar surface area (TPSA) is 133 Å². The highest BCUT2D eigenvalue weighted by molar-refractivity contribution is 9.10. The van der Waals surface area contributed by atoms with Gasteiger partial charge in [0.25, 0.3) is 17.7 Å². The van der Waals surface area contributed by atoms with Gasteiger partial charge in [-0.3, -0.25) is 19.7 Å². The molecule has 0 unspecified atom stereocenters. The molecule has 3 aromatic carbocycles. The molecule has 5 amide bonds. The number of halogens is 1. The number of nitrogens with zero attached hydrogens (tertiary/aromatic N) is 1. The molecule has 12 heteroatoms. The number of ether oxygens (including phenoxy) is 4. The number of aryl methyl sites for hydroxylation is 1. The van der Waals surface area contributed by atoms with Gasteiger partial charge in [0.05, 0.1) is 12.8 Å². The first-order chi connectivity index (χ1) is 19.2. The van der Waals surface area contributed by atoms with E-state index >= 15 is 0 Å². The maximum absolute atomic E-state index is 13.3. The van der Waals surface area contributed by atoms with Gasteiger partial charge in [-0.1, -0.05) is 33.6 Å². The molecule has 0 spiro atoms. The van der Waals surface area contributed by atoms with E-state index in [-0.39, 0.29) is 42.1 Å². The first-order valence-corrected chi connectivity index (χ1v) is 12.7. The summed E-state index contributed by atoms with van der Waals surface area (Å²) in [4.78, 5) is 51.8. The van der Waals surface area contributed by atoms with Crippen molar-refractivity contribution in [2.75, 3.05) is 30.7 Å². The van der Waals surface area contributed by atoms with Gasteiger partial charge in [0, 0.05) is 16.2 Å². The zero-order valence-corrected chi connectivity index (χ0v) is 22.9. The van der Waals surface area contributed by atoms with Crippen LogP contribution in [0.25, 0.3) is 6.08 Å². The predicted octanol–water partition coefficient (Wildman–Crippen LogP) is 4.18. The number of anilines is 2. The lowest BCUT2D eigenvalue weighted by Gasteiger charge is -2.26. The van der Waals surface area contributed by atoms with Crippen molar-refractivity contribution in [2.45, 2.75) is 6.92 Å². The van der Waals surface area contributed by atoms with E-state index in [2.05, 4.69) is 26.6 Å². The molecular weight excluding hydrogens is 586 g/mol. The van der Waals surface area contributed by atoms with E-state index in [4.69, 9.17) is 18.9 Å². The number of hydrogen-bond acceptors (Lipinski definition) is 8. The van der Waals surface area contributed by atoms with Crippen molar-refractivity contribution in [1.29, 1.82) is 0 Å². The Kier molecular flexibility index (Phi) is 7.43. The Morgan fingerprint density at radius 1 is 1.05 bits per heavy atom. The quantitative estimate of drug-likeness (QED) is 0.302. The Morgan fingerprint density at radius 2 is 1.80 bits per heavy atom. The van der Waals surface area contributed by atoms with Crippen LogP contribution in [0.1, 0.15) is 11.1 Å². The monoisotopic (exact) mass is 607 g/mol. The van der Waals surface area contributed by atoms with Crippen LogP contribution in [0.2, 0.25) is 0 Å². The van der Waals surface area contributed by atoms with Crippen LogP contribution in [0.15, 0.2) is 64.6 Å². The van der Waals surface area contributed by atoms with E-state index in [0.717, 1.165) is 10.5 Å². The zero-order valence-electron chi connectivity index (χ0n) is 21.3. The van der Waals surface area contributed by atoms with Gasteiger partial charge < -0.3 is 24.3 Å². The van der Waals surface area contributed by atoms with E-state index in [1.54, 1.807) is 24.3 Å². The van der Waals surface area contributed by atoms with Crippen molar-refractivity contribution in [3.63, 3.8) is 0 Å². The molecule has 1 saturated heterocycles. The number of barbiturate groups is 1. The van der Waals surface area contributed by atoms with E-state index in [1.807, 2.05) is 19.1 Å². The smallest absolute Gasteiger partial charge is 0.335 e. The number of amides is 5. The van der Waals surface area contributed by atoms with Gasteiger partial charge in [-0.15, -0.1) is 0 Å². The number of fused-ring (bicyclic) bond motifs is 1. The number of benzene rings is 3. The summed E-state index contributed by atoms with van der Waals surface area (Å²) in [6, 6.07) is 14.1. The van der Waals surface area contributed by atoms with Crippen molar-refractivity contribution in [3.8, 4) is 23.0 Å². The van der Waals surface area contributed by atoms with E-state index in [0.29, 0.717) is 27.2 Å². The minimum Gasteiger partial charge on any atom is -0.493 e. The molecule has 3 aromatic rings. The summed E-state index contributed by atoms with van der Waals surface area (Å²) >= 11 is 3.42. The third-order valence-corrected chi connectivity index (χ3v) is 6.68. The van der Waals surface area contributed by atoms with Gasteiger partial charge in [0.1, 0.15) is 5.57 Å². The molecule has 0 atom stereocenters. The molecule has 5 rings (SSSR count). The number of carbonyl (C=O) groups excluding carboxylic acids is 4. The van der Waals surface area contributed by atoms with Gasteiger partial charge in [0.15, 0.2) is 29.6 Å². The van der Waals surface area contributed by atoms with Crippen molar-refractivity contribution >= 4 is 57.1 Å². The molecule has 1 fully saturated rings. The van der Waals surface area contributed by atoms with Crippen LogP contribution in [-0.4, -0.2) is 44.3 Å². The SMILES string of the molecule is COc1cc(/C=C2\C(=O)NC(=O)N(c3ccc4c(c3)OCO4)C2=O)c(Br)cc1OCC(=O)Nc1ccc(C)cc1. The molecule has 0 aromatic heterocycles. The van der Waals surface area contributed by atoms with Crippen molar-refractivity contribution < 1.29 is 38.1 Å². The van der Waals surface area contributed by atoms with Crippen LogP contribution in [-0.2, 0) is 14.4 Å². The molecule has 40 heavy (non-hydrogen) atoms. The first-order valence-electron chi connectivity index (χ1n) is 11.9. The summed E-state index contributed by atoms with van der Waals surface area (Å²) < 4.78 is 22.1. The van der Waals surface area contributed by atoms with E-state index < -0.39 is 17.8 Å². The Bertz CT molecular complexity index is 1570. The lowest BCUT2D eigenvalue weighted by molar-refractivity contribution is -0.122. The lowest BCUT2D eigenvalue weighted by Crippen LogP contribution is -2.54. The largest absolute Gasteiger partial charge is 0.493 e. The zero-order chi connectivity index (χ0) is 28.4. The standard InChI is InChI=1S/C28H22BrN3O8/c1-15-3-5-17(6-4-15)30-25(33)13-38-24-12-20(29)16(10-22(24)37-2)9-19-26(34)31-28(36)32(27(19)35)18-7-8-21-23(11-18)40-14-39-21/h3-12H,13-14H2,1-2H3,(H,30,33)(H,31,34,36)/b19-9+. The van der Waals surface area contributed by atoms with Crippen LogP contribution < -0.4 is 34.5 Å². The van der Waals surface area contributed by atoms with Crippen LogP contribution in [0, 0.1) is 6.92 Å². The maximum Gasteiger partial charge on any atom is 0.335 e. The fourth-order valence-corrected chi connectivity index (χ4v) is 4.42. The molecule has 2 aliphatic heterocycles. The van der Waals surface area contributed by atoms with Crippen LogP contribution in [0.5, 0.6) is 23.0 Å². The molecule has 0 bridgehead atoms. The maximum atomic E-state index is 13.3. The molecule has 0 radical (unpaired) electrons. The second-order valence-electron chi connectivity index (χ2n) is 8.72. The molecule has 2 N–H and O–H groups in total. The third-order valence-electron chi connectivity index (χ3n) is 5.99.